The lowest BCUT2D eigenvalue weighted by molar-refractivity contribution is 0.487. The molecule has 278 valence electrons. The Kier molecular flexibility index (Phi) is 6.64. The molecule has 0 unspecified atom stereocenters. The van der Waals surface area contributed by atoms with Crippen LogP contribution in [0.3, 0.4) is 0 Å². The number of fused-ring (bicyclic) bond motifs is 9. The second-order valence-corrected chi connectivity index (χ2v) is 17.1. The molecule has 2 aliphatic carbocycles. The topological polar surface area (TPSA) is 17.4 Å². The number of hydrogen-bond donors (Lipinski definition) is 0. The maximum Gasteiger partial charge on any atom is 0.137 e. The van der Waals surface area contributed by atoms with Gasteiger partial charge in [0.05, 0.1) is 11.0 Å². The van der Waals surface area contributed by atoms with Gasteiger partial charge in [0.25, 0.3) is 0 Å². The highest BCUT2D eigenvalue weighted by molar-refractivity contribution is 6.12. The van der Waals surface area contributed by atoms with Crippen molar-refractivity contribution < 1.29 is 9.13 Å². The zero-order valence-electron chi connectivity index (χ0n) is 32.8. The molecule has 0 fully saturated rings. The summed E-state index contributed by atoms with van der Waals surface area (Å²) in [5, 5.41) is 4.58. The summed E-state index contributed by atoms with van der Waals surface area (Å²) in [5.74, 6) is 1.47. The number of hydrogen-bond acceptors (Lipinski definition) is 2. The van der Waals surface area contributed by atoms with Gasteiger partial charge in [0.1, 0.15) is 17.3 Å². The van der Waals surface area contributed by atoms with E-state index in [9.17, 15) is 4.39 Å². The summed E-state index contributed by atoms with van der Waals surface area (Å²) in [4.78, 5) is 2.38. The summed E-state index contributed by atoms with van der Waals surface area (Å²) in [7, 11) is 0. The molecule has 58 heavy (non-hydrogen) atoms. The van der Waals surface area contributed by atoms with Gasteiger partial charge in [-0.15, -0.1) is 0 Å². The van der Waals surface area contributed by atoms with E-state index in [0.717, 1.165) is 67.0 Å². The summed E-state index contributed by atoms with van der Waals surface area (Å²) in [6.45, 7) is 9.54. The largest absolute Gasteiger partial charge is 0.456 e. The van der Waals surface area contributed by atoms with E-state index in [1.54, 1.807) is 0 Å². The van der Waals surface area contributed by atoms with Gasteiger partial charge in [-0.1, -0.05) is 107 Å². The molecule has 2 heterocycles. The SMILES string of the molecule is CC1(C)C2=C(c3ccccc31)C(C)(C)c1cc(N(c3ccc4c(c3)Oc3cccc5cccc-4c35)c3ccc4c(c3)c3ccccc3n4-c3ccc(F)cc3)ccc12. The van der Waals surface area contributed by atoms with E-state index in [4.69, 9.17) is 4.74 Å². The lowest BCUT2D eigenvalue weighted by Crippen LogP contribution is -2.20. The number of anilines is 3. The Bertz CT molecular complexity index is 3270. The Morgan fingerprint density at radius 3 is 1.93 bits per heavy atom. The fourth-order valence-corrected chi connectivity index (χ4v) is 10.6. The minimum absolute atomic E-state index is 0.103. The number of halogens is 1. The zero-order chi connectivity index (χ0) is 39.1. The summed E-state index contributed by atoms with van der Waals surface area (Å²) < 4.78 is 23.1. The lowest BCUT2D eigenvalue weighted by atomic mass is 9.75. The van der Waals surface area contributed by atoms with Crippen molar-refractivity contribution >= 4 is 60.8 Å². The van der Waals surface area contributed by atoms with Crippen LogP contribution in [0.15, 0.2) is 164 Å². The third kappa shape index (κ3) is 4.43. The van der Waals surface area contributed by atoms with E-state index in [1.807, 2.05) is 12.1 Å². The average Bonchev–Trinajstić information content (AvgIpc) is 3.79. The standard InChI is InChI=1S/C54H39FN2O/c1-53(2)44-16-7-5-14-41(44)51-52(53)42-27-24-36(30-45(42)54(51,3)4)56(37-23-26-39-40-15-9-11-32-12-10-18-48(50(32)40)58-49(39)31-37)35-25-28-47-43(29-35)38-13-6-8-17-46(38)57(47)34-21-19-33(55)20-22-34/h5-31H,1-4H3. The van der Waals surface area contributed by atoms with E-state index >= 15 is 0 Å². The Hall–Kier alpha value is -6.91. The molecule has 3 nitrogen and oxygen atoms in total. The first kappa shape index (κ1) is 33.3. The monoisotopic (exact) mass is 750 g/mol. The molecule has 0 saturated carbocycles. The van der Waals surface area contributed by atoms with Crippen LogP contribution in [0.1, 0.15) is 49.9 Å². The Balaban J connectivity index is 1.07. The van der Waals surface area contributed by atoms with Gasteiger partial charge in [-0.25, -0.2) is 4.39 Å². The molecule has 8 aromatic carbocycles. The molecule has 9 aromatic rings. The minimum atomic E-state index is -0.248. The number of aromatic nitrogens is 1. The molecule has 0 bridgehead atoms. The number of nitrogens with zero attached hydrogens (tertiary/aromatic N) is 2. The fraction of sp³-hybridized carbons (Fsp3) is 0.111. The number of ether oxygens (including phenoxy) is 1. The fourth-order valence-electron chi connectivity index (χ4n) is 10.6. The third-order valence-corrected chi connectivity index (χ3v) is 13.2. The Morgan fingerprint density at radius 1 is 0.483 bits per heavy atom. The van der Waals surface area contributed by atoms with Crippen LogP contribution in [0, 0.1) is 5.82 Å². The van der Waals surface area contributed by atoms with Gasteiger partial charge < -0.3 is 14.2 Å². The molecule has 0 amide bonds. The van der Waals surface area contributed by atoms with Gasteiger partial charge in [0.2, 0.25) is 0 Å². The predicted octanol–water partition coefficient (Wildman–Crippen LogP) is 14.8. The van der Waals surface area contributed by atoms with Crippen molar-refractivity contribution in [3.63, 3.8) is 0 Å². The summed E-state index contributed by atoms with van der Waals surface area (Å²) in [6, 6.07) is 57.4. The maximum absolute atomic E-state index is 14.1. The van der Waals surface area contributed by atoms with Crippen LogP contribution >= 0.6 is 0 Å². The van der Waals surface area contributed by atoms with Gasteiger partial charge in [0.15, 0.2) is 0 Å². The molecule has 0 saturated heterocycles. The minimum Gasteiger partial charge on any atom is -0.456 e. The smallest absolute Gasteiger partial charge is 0.137 e. The zero-order valence-corrected chi connectivity index (χ0v) is 32.8. The van der Waals surface area contributed by atoms with Crippen LogP contribution in [0.4, 0.5) is 21.5 Å². The van der Waals surface area contributed by atoms with Crippen LogP contribution in [-0.4, -0.2) is 4.57 Å². The van der Waals surface area contributed by atoms with Gasteiger partial charge in [0, 0.05) is 61.4 Å². The number of para-hydroxylation sites is 1. The molecule has 0 N–H and O–H groups in total. The van der Waals surface area contributed by atoms with Crippen molar-refractivity contribution in [1.29, 1.82) is 0 Å². The number of allylic oxidation sites excluding steroid dienone is 2. The number of rotatable bonds is 4. The summed E-state index contributed by atoms with van der Waals surface area (Å²) in [6.07, 6.45) is 0. The third-order valence-electron chi connectivity index (χ3n) is 13.2. The van der Waals surface area contributed by atoms with Gasteiger partial charge in [-0.3, -0.25) is 0 Å². The van der Waals surface area contributed by atoms with Crippen molar-refractivity contribution in [3.8, 4) is 28.3 Å². The highest BCUT2D eigenvalue weighted by Gasteiger charge is 2.49. The molecule has 0 atom stereocenters. The quantitative estimate of drug-likeness (QED) is 0.178. The molecule has 1 aliphatic heterocycles. The highest BCUT2D eigenvalue weighted by atomic mass is 19.1. The molecule has 1 aromatic heterocycles. The maximum atomic E-state index is 14.1. The van der Waals surface area contributed by atoms with E-state index < -0.39 is 0 Å². The second kappa shape index (κ2) is 11.6. The van der Waals surface area contributed by atoms with E-state index in [0.29, 0.717) is 0 Å². The highest BCUT2D eigenvalue weighted by Crippen LogP contribution is 2.63. The first-order valence-electron chi connectivity index (χ1n) is 20.1. The van der Waals surface area contributed by atoms with Crippen molar-refractivity contribution in [2.75, 3.05) is 4.90 Å². The van der Waals surface area contributed by atoms with E-state index in [2.05, 4.69) is 177 Å². The molecular weight excluding hydrogens is 712 g/mol. The second-order valence-electron chi connectivity index (χ2n) is 17.1. The number of benzene rings is 8. The molecule has 0 spiro atoms. The Labute approximate surface area is 336 Å². The van der Waals surface area contributed by atoms with E-state index in [1.165, 1.54) is 56.5 Å². The molecular formula is C54H39FN2O. The normalized spacial score (nSPS) is 15.3. The lowest BCUT2D eigenvalue weighted by Gasteiger charge is -2.31. The van der Waals surface area contributed by atoms with Gasteiger partial charge in [-0.2, -0.15) is 0 Å². The summed E-state index contributed by atoms with van der Waals surface area (Å²) >= 11 is 0. The van der Waals surface area contributed by atoms with Crippen LogP contribution in [0.25, 0.3) is 60.5 Å². The van der Waals surface area contributed by atoms with Gasteiger partial charge in [-0.05, 0) is 123 Å². The Morgan fingerprint density at radius 2 is 1.10 bits per heavy atom. The van der Waals surface area contributed by atoms with Gasteiger partial charge >= 0.3 is 0 Å². The van der Waals surface area contributed by atoms with Crippen molar-refractivity contribution in [3.05, 3.63) is 192 Å². The average molecular weight is 751 g/mol. The predicted molar refractivity (Wildman–Crippen MR) is 238 cm³/mol. The summed E-state index contributed by atoms with van der Waals surface area (Å²) in [5.41, 5.74) is 16.5. The van der Waals surface area contributed by atoms with Crippen LogP contribution in [0.5, 0.6) is 11.5 Å². The first-order valence-corrected chi connectivity index (χ1v) is 20.1. The van der Waals surface area contributed by atoms with Crippen molar-refractivity contribution in [1.82, 2.24) is 4.57 Å². The van der Waals surface area contributed by atoms with Crippen LogP contribution in [0.2, 0.25) is 0 Å². The van der Waals surface area contributed by atoms with Crippen molar-refractivity contribution in [2.24, 2.45) is 0 Å². The van der Waals surface area contributed by atoms with Crippen LogP contribution in [-0.2, 0) is 10.8 Å². The van der Waals surface area contributed by atoms with E-state index in [-0.39, 0.29) is 16.6 Å². The molecule has 0 radical (unpaired) electrons. The first-order chi connectivity index (χ1) is 28.2. The molecule has 4 heteroatoms. The van der Waals surface area contributed by atoms with Crippen LogP contribution < -0.4 is 9.64 Å². The van der Waals surface area contributed by atoms with Crippen molar-refractivity contribution in [2.45, 2.75) is 38.5 Å². The molecule has 12 rings (SSSR count). The molecule has 3 aliphatic rings.